The third-order valence-corrected chi connectivity index (χ3v) is 1.45. The summed E-state index contributed by atoms with van der Waals surface area (Å²) in [6.07, 6.45) is -19.8. The summed E-state index contributed by atoms with van der Waals surface area (Å²) in [5.74, 6) is -16.4. The average molecular weight is 382 g/mol. The molecule has 138 valence electrons. The Kier molecular flexibility index (Phi) is 8.04. The number of alkyl halides is 10. The van der Waals surface area contributed by atoms with Gasteiger partial charge in [0.15, 0.2) is 0 Å². The van der Waals surface area contributed by atoms with Crippen molar-refractivity contribution in [3.63, 3.8) is 0 Å². The molecule has 0 rings (SSSR count). The number of hydrogen-bond acceptors (Lipinski definition) is 0. The fourth-order valence-corrected chi connectivity index (χ4v) is 0.474. The van der Waals surface area contributed by atoms with Crippen molar-refractivity contribution in [3.8, 4) is 0 Å². The van der Waals surface area contributed by atoms with Crippen LogP contribution in [0.3, 0.4) is 0 Å². The SMILES string of the molecule is FC(=C(F)C(F)(F)F)C(F)F.FC(F)=C(F)C(F)(F)C(F)(F)F. The van der Waals surface area contributed by atoms with Crippen LogP contribution >= 0.6 is 0 Å². The Morgan fingerprint density at radius 1 is 0.609 bits per heavy atom. The van der Waals surface area contributed by atoms with Crippen molar-refractivity contribution < 1.29 is 65.9 Å². The molecule has 0 spiro atoms. The molecule has 0 saturated carbocycles. The minimum atomic E-state index is -6.35. The van der Waals surface area contributed by atoms with E-state index in [0.717, 1.165) is 0 Å². The van der Waals surface area contributed by atoms with Gasteiger partial charge in [-0.05, 0) is 0 Å². The zero-order chi connectivity index (χ0) is 19.4. The average Bonchev–Trinajstić information content (AvgIpc) is 2.33. The summed E-state index contributed by atoms with van der Waals surface area (Å²) >= 11 is 0. The third-order valence-electron chi connectivity index (χ3n) is 1.45. The molecule has 0 aromatic heterocycles. The molecule has 0 aromatic rings. The van der Waals surface area contributed by atoms with Crippen molar-refractivity contribution in [1.29, 1.82) is 0 Å². The first-order valence-corrected chi connectivity index (χ1v) is 4.43. The lowest BCUT2D eigenvalue weighted by molar-refractivity contribution is -0.271. The highest BCUT2D eigenvalue weighted by Crippen LogP contribution is 2.43. The van der Waals surface area contributed by atoms with E-state index in [2.05, 4.69) is 0 Å². The van der Waals surface area contributed by atoms with Crippen molar-refractivity contribution in [1.82, 2.24) is 0 Å². The summed E-state index contributed by atoms with van der Waals surface area (Å²) in [7, 11) is 0. The summed E-state index contributed by atoms with van der Waals surface area (Å²) in [4.78, 5) is 0. The zero-order valence-corrected chi connectivity index (χ0v) is 9.75. The molecule has 0 aliphatic heterocycles. The van der Waals surface area contributed by atoms with Gasteiger partial charge in [0, 0.05) is 0 Å². The van der Waals surface area contributed by atoms with Gasteiger partial charge in [0.05, 0.1) is 0 Å². The van der Waals surface area contributed by atoms with Gasteiger partial charge in [-0.15, -0.1) is 0 Å². The Bertz CT molecular complexity index is 443. The Labute approximate surface area is 115 Å². The van der Waals surface area contributed by atoms with Crippen LogP contribution in [0.4, 0.5) is 65.9 Å². The van der Waals surface area contributed by atoms with E-state index in [-0.39, 0.29) is 0 Å². The monoisotopic (exact) mass is 382 g/mol. The molecular weight excluding hydrogens is 381 g/mol. The molecule has 15 heteroatoms. The van der Waals surface area contributed by atoms with E-state index in [0.29, 0.717) is 0 Å². The van der Waals surface area contributed by atoms with Gasteiger partial charge in [0.1, 0.15) is 0 Å². The Balaban J connectivity index is 0. The second kappa shape index (κ2) is 7.81. The first-order valence-electron chi connectivity index (χ1n) is 4.43. The van der Waals surface area contributed by atoms with Crippen LogP contribution in [0.5, 0.6) is 0 Å². The van der Waals surface area contributed by atoms with E-state index in [9.17, 15) is 65.9 Å². The van der Waals surface area contributed by atoms with E-state index >= 15 is 0 Å². The highest BCUT2D eigenvalue weighted by molar-refractivity contribution is 5.08. The molecule has 0 amide bonds. The normalized spacial score (nSPS) is 14.1. The molecule has 0 saturated heterocycles. The highest BCUT2D eigenvalue weighted by atomic mass is 19.4. The van der Waals surface area contributed by atoms with Crippen LogP contribution in [0.15, 0.2) is 23.6 Å². The summed E-state index contributed by atoms with van der Waals surface area (Å²) in [5, 5.41) is 0. The van der Waals surface area contributed by atoms with Crippen LogP contribution in [0, 0.1) is 0 Å². The lowest BCUT2D eigenvalue weighted by atomic mass is 10.3. The summed E-state index contributed by atoms with van der Waals surface area (Å²) < 4.78 is 168. The maximum absolute atomic E-state index is 11.5. The van der Waals surface area contributed by atoms with E-state index in [4.69, 9.17) is 0 Å². The van der Waals surface area contributed by atoms with Gasteiger partial charge in [-0.2, -0.15) is 52.7 Å². The van der Waals surface area contributed by atoms with Crippen LogP contribution in [0.2, 0.25) is 0 Å². The molecule has 23 heavy (non-hydrogen) atoms. The molecule has 0 atom stereocenters. The lowest BCUT2D eigenvalue weighted by Gasteiger charge is -2.16. The molecule has 0 aromatic carbocycles. The predicted octanol–water partition coefficient (Wildman–Crippen LogP) is 6.23. The van der Waals surface area contributed by atoms with E-state index in [1.807, 2.05) is 0 Å². The molecular formula is C8HF15. The Hall–Kier alpha value is -1.57. The van der Waals surface area contributed by atoms with E-state index in [1.54, 1.807) is 0 Å². The van der Waals surface area contributed by atoms with Gasteiger partial charge in [0.2, 0.25) is 17.5 Å². The van der Waals surface area contributed by atoms with Gasteiger partial charge in [-0.3, -0.25) is 0 Å². The van der Waals surface area contributed by atoms with Crippen LogP contribution < -0.4 is 0 Å². The smallest absolute Gasteiger partial charge is 0.202 e. The number of rotatable bonds is 2. The number of halogens is 15. The predicted molar refractivity (Wildman–Crippen MR) is 42.7 cm³/mol. The highest BCUT2D eigenvalue weighted by Gasteiger charge is 2.62. The Morgan fingerprint density at radius 2 is 0.957 bits per heavy atom. The molecule has 0 radical (unpaired) electrons. The minimum Gasteiger partial charge on any atom is -0.202 e. The van der Waals surface area contributed by atoms with Crippen molar-refractivity contribution >= 4 is 0 Å². The second-order valence-corrected chi connectivity index (χ2v) is 3.11. The minimum absolute atomic E-state index is 3.09. The van der Waals surface area contributed by atoms with Gasteiger partial charge >= 0.3 is 24.4 Å². The van der Waals surface area contributed by atoms with Crippen LogP contribution in [-0.2, 0) is 0 Å². The second-order valence-electron chi connectivity index (χ2n) is 3.11. The maximum Gasteiger partial charge on any atom is 0.460 e. The van der Waals surface area contributed by atoms with Crippen molar-refractivity contribution in [2.75, 3.05) is 0 Å². The molecule has 0 fully saturated rings. The molecule has 0 bridgehead atoms. The zero-order valence-electron chi connectivity index (χ0n) is 9.75. The van der Waals surface area contributed by atoms with Gasteiger partial charge in [-0.1, -0.05) is 0 Å². The van der Waals surface area contributed by atoms with Gasteiger partial charge in [0.25, 0.3) is 6.43 Å². The molecule has 0 heterocycles. The molecule has 0 aliphatic carbocycles. The molecule has 0 unspecified atom stereocenters. The first kappa shape index (κ1) is 23.7. The lowest BCUT2D eigenvalue weighted by Crippen LogP contribution is -2.37. The van der Waals surface area contributed by atoms with Crippen LogP contribution in [0.1, 0.15) is 0 Å². The van der Waals surface area contributed by atoms with Crippen LogP contribution in [0.25, 0.3) is 0 Å². The van der Waals surface area contributed by atoms with Gasteiger partial charge < -0.3 is 0 Å². The van der Waals surface area contributed by atoms with Crippen molar-refractivity contribution in [2.45, 2.75) is 24.7 Å². The summed E-state index contributed by atoms with van der Waals surface area (Å²) in [6, 6.07) is 0. The third kappa shape index (κ3) is 7.02. The fraction of sp³-hybridized carbons (Fsp3) is 0.500. The largest absolute Gasteiger partial charge is 0.460 e. The number of allylic oxidation sites excluding steroid dienone is 3. The topological polar surface area (TPSA) is 0 Å². The summed E-state index contributed by atoms with van der Waals surface area (Å²) in [5.41, 5.74) is 0. The van der Waals surface area contributed by atoms with E-state index in [1.165, 1.54) is 0 Å². The molecule has 0 nitrogen and oxygen atoms in total. The van der Waals surface area contributed by atoms with Crippen LogP contribution in [-0.4, -0.2) is 24.7 Å². The fourth-order valence-electron chi connectivity index (χ4n) is 0.474. The first-order chi connectivity index (χ1) is 9.87. The quantitative estimate of drug-likeness (QED) is 0.497. The standard InChI is InChI=1S/C4F8.C4HF7/c5-1(2(6)7)3(8,9)4(10,11)12;5-1(3(7)8)2(6)4(9,10)11/h;3H. The molecule has 0 N–H and O–H groups in total. The summed E-state index contributed by atoms with van der Waals surface area (Å²) in [6.45, 7) is 0. The molecule has 0 aliphatic rings. The number of hydrogen-bond donors (Lipinski definition) is 0. The maximum atomic E-state index is 11.5. The van der Waals surface area contributed by atoms with Crippen molar-refractivity contribution in [2.24, 2.45) is 0 Å². The Morgan fingerprint density at radius 3 is 1.04 bits per heavy atom. The van der Waals surface area contributed by atoms with E-state index < -0.39 is 48.3 Å². The van der Waals surface area contributed by atoms with Crippen molar-refractivity contribution in [3.05, 3.63) is 23.6 Å². The van der Waals surface area contributed by atoms with Gasteiger partial charge in [-0.25, -0.2) is 13.2 Å².